The third-order valence-corrected chi connectivity index (χ3v) is 2.33. The van der Waals surface area contributed by atoms with Crippen molar-refractivity contribution in [2.75, 3.05) is 0 Å². The van der Waals surface area contributed by atoms with Crippen LogP contribution in [0.4, 0.5) is 0 Å². The Hall–Kier alpha value is -2.37. The van der Waals surface area contributed by atoms with Gasteiger partial charge in [0.25, 0.3) is 0 Å². The van der Waals surface area contributed by atoms with E-state index in [2.05, 4.69) is 15.0 Å². The number of nitrogens with one attached hydrogen (secondary N) is 2. The van der Waals surface area contributed by atoms with E-state index in [0.29, 0.717) is 16.8 Å². The number of aromatic carboxylic acids is 1. The van der Waals surface area contributed by atoms with Gasteiger partial charge in [-0.25, -0.2) is 9.78 Å². The van der Waals surface area contributed by atoms with E-state index in [1.165, 1.54) is 6.20 Å². The van der Waals surface area contributed by atoms with Crippen LogP contribution in [-0.2, 0) is 0 Å². The van der Waals surface area contributed by atoms with Crippen LogP contribution in [0.25, 0.3) is 16.8 Å². The van der Waals surface area contributed by atoms with Crippen LogP contribution in [0, 0.1) is 0 Å². The van der Waals surface area contributed by atoms with Crippen molar-refractivity contribution in [3.8, 4) is 0 Å². The van der Waals surface area contributed by atoms with Gasteiger partial charge in [0.2, 0.25) is 0 Å². The third kappa shape index (κ3) is 0.954. The number of aromatic amines is 2. The summed E-state index contributed by atoms with van der Waals surface area (Å²) in [7, 11) is 0. The first-order chi connectivity index (χ1) is 7.27. The molecule has 3 aromatic rings. The molecule has 0 radical (unpaired) electrons. The molecule has 3 rings (SSSR count). The molecule has 0 aliphatic heterocycles. The second kappa shape index (κ2) is 2.57. The Kier molecular flexibility index (Phi) is 1.37. The first kappa shape index (κ1) is 7.98. The van der Waals surface area contributed by atoms with Gasteiger partial charge in [-0.05, 0) is 0 Å². The largest absolute Gasteiger partial charge is 0.478 e. The van der Waals surface area contributed by atoms with Crippen molar-refractivity contribution in [3.05, 3.63) is 30.4 Å². The Bertz CT molecular complexity index is 667. The second-order valence-corrected chi connectivity index (χ2v) is 3.18. The van der Waals surface area contributed by atoms with Gasteiger partial charge in [0.05, 0.1) is 6.20 Å². The van der Waals surface area contributed by atoms with Gasteiger partial charge in [-0.15, -0.1) is 0 Å². The molecule has 15 heavy (non-hydrogen) atoms. The van der Waals surface area contributed by atoms with E-state index in [1.807, 2.05) is 0 Å². The van der Waals surface area contributed by atoms with E-state index in [9.17, 15) is 4.79 Å². The zero-order chi connectivity index (χ0) is 10.4. The number of hydrogen-bond donors (Lipinski definition) is 3. The predicted molar refractivity (Wildman–Crippen MR) is 50.6 cm³/mol. The fraction of sp³-hybridized carbons (Fsp3) is 0. The summed E-state index contributed by atoms with van der Waals surface area (Å²) < 4.78 is 1.70. The number of aromatic nitrogens is 4. The van der Waals surface area contributed by atoms with Crippen LogP contribution in [0.3, 0.4) is 0 Å². The molecule has 6 nitrogen and oxygen atoms in total. The standard InChI is InChI=1S/C9H6N4O2/c14-8(15)5-3-11-6-4-12-9-10-1-2-13(9)7(5)6/h1-4H,(H2,10,11,12,14,15)/p+1. The number of hydrogen-bond acceptors (Lipinski definition) is 2. The summed E-state index contributed by atoms with van der Waals surface area (Å²) in [5.74, 6) is -0.341. The van der Waals surface area contributed by atoms with E-state index in [-0.39, 0.29) is 5.56 Å². The lowest BCUT2D eigenvalue weighted by molar-refractivity contribution is -0.482. The van der Waals surface area contributed by atoms with Gasteiger partial charge in [0.15, 0.2) is 0 Å². The Balaban J connectivity index is 2.57. The number of imidazole rings is 1. The molecule has 0 aromatic carbocycles. The van der Waals surface area contributed by atoms with Gasteiger partial charge >= 0.3 is 11.7 Å². The minimum absolute atomic E-state index is 0.238. The van der Waals surface area contributed by atoms with Crippen molar-refractivity contribution in [2.24, 2.45) is 0 Å². The molecule has 3 N–H and O–H groups in total. The summed E-state index contributed by atoms with van der Waals surface area (Å²) in [5, 5.41) is 9.00. The van der Waals surface area contributed by atoms with Crippen LogP contribution >= 0.6 is 0 Å². The minimum Gasteiger partial charge on any atom is -0.478 e. The van der Waals surface area contributed by atoms with Crippen LogP contribution < -0.4 is 4.40 Å². The average Bonchev–Trinajstić information content (AvgIpc) is 2.82. The number of rotatable bonds is 1. The number of nitrogens with zero attached hydrogens (tertiary/aromatic N) is 2. The molecule has 0 fully saturated rings. The fourth-order valence-electron chi connectivity index (χ4n) is 1.68. The molecule has 0 atom stereocenters. The molecule has 0 saturated carbocycles. The first-order valence-corrected chi connectivity index (χ1v) is 4.35. The third-order valence-electron chi connectivity index (χ3n) is 2.33. The van der Waals surface area contributed by atoms with Crippen LogP contribution in [0.5, 0.6) is 0 Å². The molecule has 0 saturated heterocycles. The summed E-state index contributed by atoms with van der Waals surface area (Å²) in [6, 6.07) is 0. The van der Waals surface area contributed by atoms with Gasteiger partial charge in [-0.3, -0.25) is 0 Å². The van der Waals surface area contributed by atoms with Gasteiger partial charge in [-0.2, -0.15) is 4.40 Å². The maximum atomic E-state index is 11.0. The molecule has 0 unspecified atom stereocenters. The van der Waals surface area contributed by atoms with Gasteiger partial charge in [0, 0.05) is 6.20 Å². The Morgan fingerprint density at radius 1 is 1.47 bits per heavy atom. The lowest BCUT2D eigenvalue weighted by Crippen LogP contribution is -2.22. The fourth-order valence-corrected chi connectivity index (χ4v) is 1.68. The Morgan fingerprint density at radius 2 is 2.33 bits per heavy atom. The van der Waals surface area contributed by atoms with E-state index >= 15 is 0 Å². The first-order valence-electron chi connectivity index (χ1n) is 4.35. The SMILES string of the molecule is O=C(O)c1c[nH]c2cnc3[nH]cc[n+]3c12. The summed E-state index contributed by atoms with van der Waals surface area (Å²) in [5.41, 5.74) is 1.56. The van der Waals surface area contributed by atoms with Crippen molar-refractivity contribution >= 4 is 22.8 Å². The summed E-state index contributed by atoms with van der Waals surface area (Å²) >= 11 is 0. The quantitative estimate of drug-likeness (QED) is 0.498. The molecule has 3 aromatic heterocycles. The number of fused-ring (bicyclic) bond motifs is 3. The maximum absolute atomic E-state index is 11.0. The van der Waals surface area contributed by atoms with Crippen molar-refractivity contribution in [2.45, 2.75) is 0 Å². The van der Waals surface area contributed by atoms with Crippen molar-refractivity contribution in [3.63, 3.8) is 0 Å². The highest BCUT2D eigenvalue weighted by molar-refractivity contribution is 5.99. The van der Waals surface area contributed by atoms with E-state index < -0.39 is 5.97 Å². The van der Waals surface area contributed by atoms with E-state index in [1.54, 1.807) is 23.0 Å². The van der Waals surface area contributed by atoms with Gasteiger partial charge in [-0.1, -0.05) is 4.98 Å². The second-order valence-electron chi connectivity index (χ2n) is 3.18. The molecule has 3 heterocycles. The molecule has 0 aliphatic carbocycles. The average molecular weight is 203 g/mol. The zero-order valence-electron chi connectivity index (χ0n) is 7.56. The highest BCUT2D eigenvalue weighted by atomic mass is 16.4. The van der Waals surface area contributed by atoms with Crippen molar-refractivity contribution < 1.29 is 14.3 Å². The normalized spacial score (nSPS) is 11.2. The van der Waals surface area contributed by atoms with Crippen LogP contribution in [0.2, 0.25) is 0 Å². The molecular formula is C9H7N4O2+. The van der Waals surface area contributed by atoms with Crippen LogP contribution in [0.15, 0.2) is 24.8 Å². The number of carboxylic acids is 1. The molecule has 0 bridgehead atoms. The lowest BCUT2D eigenvalue weighted by Gasteiger charge is -1.90. The number of carboxylic acid groups (broad SMARTS) is 1. The number of H-pyrrole nitrogens is 2. The monoisotopic (exact) mass is 203 g/mol. The van der Waals surface area contributed by atoms with E-state index in [0.717, 1.165) is 0 Å². The molecule has 6 heteroatoms. The molecule has 74 valence electrons. The molecule has 0 aliphatic rings. The molecule has 0 spiro atoms. The highest BCUT2D eigenvalue weighted by Gasteiger charge is 2.18. The molecular weight excluding hydrogens is 196 g/mol. The highest BCUT2D eigenvalue weighted by Crippen LogP contribution is 2.13. The lowest BCUT2D eigenvalue weighted by atomic mass is 10.3. The number of carbonyl (C=O) groups is 1. The summed E-state index contributed by atoms with van der Waals surface area (Å²) in [6.07, 6.45) is 6.52. The predicted octanol–water partition coefficient (Wildman–Crippen LogP) is 0.328. The Morgan fingerprint density at radius 3 is 3.13 bits per heavy atom. The van der Waals surface area contributed by atoms with Gasteiger partial charge < -0.3 is 10.1 Å². The summed E-state index contributed by atoms with van der Waals surface area (Å²) in [4.78, 5) is 20.9. The van der Waals surface area contributed by atoms with E-state index in [4.69, 9.17) is 5.11 Å². The topological polar surface area (TPSA) is 85.9 Å². The minimum atomic E-state index is -0.956. The smallest absolute Gasteiger partial charge is 0.401 e. The van der Waals surface area contributed by atoms with Crippen LogP contribution in [-0.4, -0.2) is 26.0 Å². The van der Waals surface area contributed by atoms with Crippen LogP contribution in [0.1, 0.15) is 10.4 Å². The van der Waals surface area contributed by atoms with Crippen molar-refractivity contribution in [1.82, 2.24) is 15.0 Å². The van der Waals surface area contributed by atoms with Gasteiger partial charge in [0.1, 0.15) is 29.0 Å². The maximum Gasteiger partial charge on any atom is 0.401 e. The Labute approximate surface area is 83.2 Å². The van der Waals surface area contributed by atoms with Crippen molar-refractivity contribution in [1.29, 1.82) is 0 Å². The zero-order valence-corrected chi connectivity index (χ0v) is 7.56. The summed E-state index contributed by atoms with van der Waals surface area (Å²) in [6.45, 7) is 0. The molecule has 0 amide bonds.